The summed E-state index contributed by atoms with van der Waals surface area (Å²) in [5, 5.41) is 0. The van der Waals surface area contributed by atoms with Crippen LogP contribution in [0.3, 0.4) is 0 Å². The lowest BCUT2D eigenvalue weighted by molar-refractivity contribution is -0.495. The van der Waals surface area contributed by atoms with Gasteiger partial charge in [0.15, 0.2) is 0 Å². The Morgan fingerprint density at radius 1 is 0.952 bits per heavy atom. The summed E-state index contributed by atoms with van der Waals surface area (Å²) in [7, 11) is 0. The zero-order valence-corrected chi connectivity index (χ0v) is 9.57. The molecule has 0 aromatic heterocycles. The topological polar surface area (TPSA) is 42.3 Å². The summed E-state index contributed by atoms with van der Waals surface area (Å²) >= 11 is 0. The Bertz CT molecular complexity index is 551. The molecule has 3 nitrogen and oxygen atoms in total. The molecule has 1 heterocycles. The first-order valence-corrected chi connectivity index (χ1v) is 5.07. The maximum Gasteiger partial charge on any atom is 0.536 e. The zero-order valence-electron chi connectivity index (χ0n) is 9.57. The molecule has 0 bridgehead atoms. The van der Waals surface area contributed by atoms with Gasteiger partial charge in [-0.25, -0.2) is 0 Å². The molecule has 0 aliphatic carbocycles. The van der Waals surface area contributed by atoms with E-state index in [-0.39, 0.29) is 6.07 Å². The van der Waals surface area contributed by atoms with Crippen molar-refractivity contribution in [2.45, 2.75) is 24.2 Å². The number of rotatable bonds is 0. The number of fused-ring (bicyclic) bond motifs is 1. The molecule has 1 aromatic carbocycles. The highest BCUT2D eigenvalue weighted by atomic mass is 19.4. The average molecular weight is 322 g/mol. The molecular formula is C10H4F8NO2. The van der Waals surface area contributed by atoms with Gasteiger partial charge in [0.2, 0.25) is 0 Å². The fourth-order valence-electron chi connectivity index (χ4n) is 1.86. The third kappa shape index (κ3) is 2.24. The molecule has 0 fully saturated rings. The van der Waals surface area contributed by atoms with Crippen LogP contribution in [0.25, 0.3) is 0 Å². The van der Waals surface area contributed by atoms with Gasteiger partial charge in [0.1, 0.15) is 5.75 Å². The summed E-state index contributed by atoms with van der Waals surface area (Å²) in [4.78, 5) is 0. The number of alkyl halides is 8. The molecule has 0 spiro atoms. The average Bonchev–Trinajstić information content (AvgIpc) is 2.24. The molecule has 1 N–H and O–H groups in total. The summed E-state index contributed by atoms with van der Waals surface area (Å²) in [5.74, 6) is -1.36. The largest absolute Gasteiger partial charge is 0.536 e. The van der Waals surface area contributed by atoms with Crippen molar-refractivity contribution in [2.24, 2.45) is 0 Å². The Balaban J connectivity index is 2.85. The minimum Gasteiger partial charge on any atom is -0.409 e. The molecule has 1 aliphatic rings. The Morgan fingerprint density at radius 3 is 1.95 bits per heavy atom. The molecule has 1 aromatic rings. The van der Waals surface area contributed by atoms with Gasteiger partial charge in [-0.1, -0.05) is 0 Å². The van der Waals surface area contributed by atoms with Crippen molar-refractivity contribution in [3.63, 3.8) is 0 Å². The number of ether oxygens (including phenoxy) is 2. The van der Waals surface area contributed by atoms with Crippen molar-refractivity contribution in [1.82, 2.24) is 5.73 Å². The second kappa shape index (κ2) is 4.12. The number of benzene rings is 1. The van der Waals surface area contributed by atoms with Gasteiger partial charge in [0, 0.05) is 5.56 Å². The lowest BCUT2D eigenvalue weighted by atomic mass is 9.90. The highest BCUT2D eigenvalue weighted by Gasteiger charge is 2.79. The van der Waals surface area contributed by atoms with E-state index >= 15 is 0 Å². The summed E-state index contributed by atoms with van der Waals surface area (Å²) in [5.41, 5.74) is -0.707. The van der Waals surface area contributed by atoms with Gasteiger partial charge in [-0.3, -0.25) is 4.74 Å². The Kier molecular flexibility index (Phi) is 3.06. The van der Waals surface area contributed by atoms with Gasteiger partial charge in [-0.05, 0) is 18.2 Å². The van der Waals surface area contributed by atoms with Crippen LogP contribution in [0, 0.1) is 0 Å². The maximum atomic E-state index is 13.0. The lowest BCUT2D eigenvalue weighted by Gasteiger charge is -2.42. The molecule has 0 atom stereocenters. The second-order valence-electron chi connectivity index (χ2n) is 4.06. The van der Waals surface area contributed by atoms with E-state index in [1.54, 1.807) is 0 Å². The van der Waals surface area contributed by atoms with Crippen LogP contribution < -0.4 is 10.5 Å². The van der Waals surface area contributed by atoms with Crippen LogP contribution in [0.2, 0.25) is 0 Å². The van der Waals surface area contributed by atoms with Crippen molar-refractivity contribution in [1.29, 1.82) is 0 Å². The fourth-order valence-corrected chi connectivity index (χ4v) is 1.86. The first-order valence-electron chi connectivity index (χ1n) is 5.07. The van der Waals surface area contributed by atoms with Gasteiger partial charge < -0.3 is 10.5 Å². The molecule has 1 radical (unpaired) electrons. The van der Waals surface area contributed by atoms with E-state index in [0.717, 1.165) is 0 Å². The normalized spacial score (nSPS) is 20.6. The quantitative estimate of drug-likeness (QED) is 0.680. The molecular weight excluding hydrogens is 318 g/mol. The molecule has 21 heavy (non-hydrogen) atoms. The third-order valence-electron chi connectivity index (χ3n) is 2.66. The van der Waals surface area contributed by atoms with Gasteiger partial charge in [0.25, 0.3) is 5.60 Å². The summed E-state index contributed by atoms with van der Waals surface area (Å²) in [6.07, 6.45) is -17.6. The van der Waals surface area contributed by atoms with Crippen molar-refractivity contribution in [3.8, 4) is 5.75 Å². The maximum absolute atomic E-state index is 13.0. The predicted molar refractivity (Wildman–Crippen MR) is 49.6 cm³/mol. The van der Waals surface area contributed by atoms with E-state index in [1.807, 2.05) is 0 Å². The molecule has 1 aliphatic heterocycles. The van der Waals surface area contributed by atoms with Crippen LogP contribution in [-0.4, -0.2) is 18.6 Å². The van der Waals surface area contributed by atoms with Crippen molar-refractivity contribution in [3.05, 3.63) is 23.8 Å². The summed E-state index contributed by atoms with van der Waals surface area (Å²) in [6.45, 7) is 0. The Labute approximate surface area is 111 Å². The fraction of sp³-hybridized carbons (Fsp3) is 0.400. The van der Waals surface area contributed by atoms with E-state index in [9.17, 15) is 35.1 Å². The summed E-state index contributed by atoms with van der Waals surface area (Å²) < 4.78 is 110. The van der Waals surface area contributed by atoms with Crippen molar-refractivity contribution >= 4 is 5.69 Å². The van der Waals surface area contributed by atoms with Crippen molar-refractivity contribution < 1.29 is 44.6 Å². The Morgan fingerprint density at radius 2 is 1.48 bits per heavy atom. The smallest absolute Gasteiger partial charge is 0.409 e. The second-order valence-corrected chi connectivity index (χ2v) is 4.06. The van der Waals surface area contributed by atoms with E-state index in [2.05, 4.69) is 9.47 Å². The van der Waals surface area contributed by atoms with Crippen LogP contribution >= 0.6 is 0 Å². The van der Waals surface area contributed by atoms with Gasteiger partial charge >= 0.3 is 18.6 Å². The van der Waals surface area contributed by atoms with E-state index in [1.165, 1.54) is 0 Å². The monoisotopic (exact) mass is 322 g/mol. The van der Waals surface area contributed by atoms with E-state index < -0.39 is 41.2 Å². The molecule has 0 saturated carbocycles. The number of hydrogen-bond donors (Lipinski definition) is 0. The number of hydrogen-bond acceptors (Lipinski definition) is 2. The molecule has 0 amide bonds. The van der Waals surface area contributed by atoms with Crippen molar-refractivity contribution in [2.75, 3.05) is 0 Å². The van der Waals surface area contributed by atoms with Gasteiger partial charge in [0.05, 0.1) is 5.69 Å². The molecule has 117 valence electrons. The molecule has 0 saturated heterocycles. The van der Waals surface area contributed by atoms with Crippen LogP contribution in [-0.2, 0) is 10.3 Å². The predicted octanol–water partition coefficient (Wildman–Crippen LogP) is 3.88. The van der Waals surface area contributed by atoms with Crippen LogP contribution in [0.5, 0.6) is 5.75 Å². The summed E-state index contributed by atoms with van der Waals surface area (Å²) in [6, 6.07) is 1.24. The molecule has 11 heteroatoms. The first-order chi connectivity index (χ1) is 9.30. The van der Waals surface area contributed by atoms with Gasteiger partial charge in [-0.2, -0.15) is 26.3 Å². The third-order valence-corrected chi connectivity index (χ3v) is 2.66. The van der Waals surface area contributed by atoms with Gasteiger partial charge in [-0.15, -0.1) is 8.78 Å². The molecule has 2 rings (SSSR count). The number of nitrogens with one attached hydrogen (secondary N) is 1. The highest BCUT2D eigenvalue weighted by molar-refractivity contribution is 5.50. The van der Waals surface area contributed by atoms with Crippen LogP contribution in [0.1, 0.15) is 5.56 Å². The Hall–Kier alpha value is -1.78. The van der Waals surface area contributed by atoms with E-state index in [0.29, 0.717) is 12.1 Å². The van der Waals surface area contributed by atoms with Crippen LogP contribution in [0.4, 0.5) is 40.8 Å². The molecule has 0 unspecified atom stereocenters. The standard InChI is InChI=1S/C10H4F8NO2/c11-8(12,13)7(9(14,15)16)5-3-4(19)1-2-6(5)20-10(17,18)21-7/h1-3,19H. The SMILES string of the molecule is [NH]c1ccc2c(c1)C(C(F)(F)F)(C(F)(F)F)OC(F)(F)O2. The minimum atomic E-state index is -6.25. The lowest BCUT2D eigenvalue weighted by Crippen LogP contribution is -2.61. The highest BCUT2D eigenvalue weighted by Crippen LogP contribution is 2.59. The first kappa shape index (κ1) is 15.6. The zero-order chi connectivity index (χ0) is 16.3. The van der Waals surface area contributed by atoms with E-state index in [4.69, 9.17) is 5.73 Å². The van der Waals surface area contributed by atoms with Crippen LogP contribution in [0.15, 0.2) is 18.2 Å². The number of halogens is 8. The minimum absolute atomic E-state index is 0.117.